The van der Waals surface area contributed by atoms with Crippen LogP contribution in [0.4, 0.5) is 92.2 Å². The van der Waals surface area contributed by atoms with E-state index in [1.54, 1.807) is 5.32 Å². The van der Waals surface area contributed by atoms with E-state index in [0.717, 1.165) is 0 Å². The maximum absolute atomic E-state index is 14.2. The van der Waals surface area contributed by atoms with Gasteiger partial charge in [0.05, 0.1) is 0 Å². The van der Waals surface area contributed by atoms with Crippen molar-refractivity contribution in [2.45, 2.75) is 48.1 Å². The summed E-state index contributed by atoms with van der Waals surface area (Å²) in [5.74, 6) is -73.7. The molecule has 25 heteroatoms. The minimum Gasteiger partial charge on any atom is -0.425 e. The Hall–Kier alpha value is -3.28. The number of rotatable bonds is 13. The fourth-order valence-corrected chi connectivity index (χ4v) is 2.96. The van der Waals surface area contributed by atoms with Crippen LogP contribution in [0.25, 0.3) is 0 Å². The van der Waals surface area contributed by atoms with Gasteiger partial charge < -0.3 is 15.0 Å². The van der Waals surface area contributed by atoms with Gasteiger partial charge in [-0.1, -0.05) is 0 Å². The lowest BCUT2D eigenvalue weighted by molar-refractivity contribution is -0.451. The predicted molar refractivity (Wildman–Crippen MR) is 107 cm³/mol. The summed E-state index contributed by atoms with van der Waals surface area (Å²) in [4.78, 5) is 13.6. The lowest BCUT2D eigenvalue weighted by atomic mass is 9.91. The highest BCUT2D eigenvalue weighted by atomic mass is 19.4. The topological polar surface area (TPSA) is 41.6 Å². The number of hydrogen-bond donors (Lipinski definition) is 1. The van der Waals surface area contributed by atoms with Gasteiger partial charge in [0.25, 0.3) is 5.91 Å². The molecule has 1 aromatic carbocycles. The lowest BCUT2D eigenvalue weighted by Gasteiger charge is -2.41. The monoisotopic (exact) mass is 724 g/mol. The van der Waals surface area contributed by atoms with Gasteiger partial charge in [0.2, 0.25) is 17.5 Å². The fourth-order valence-electron chi connectivity index (χ4n) is 2.96. The molecule has 0 saturated carbocycles. The Morgan fingerprint density at radius 1 is 0.652 bits per heavy atom. The van der Waals surface area contributed by atoms with Crippen LogP contribution in [-0.4, -0.2) is 79.7 Å². The van der Waals surface area contributed by atoms with E-state index in [4.69, 9.17) is 0 Å². The number of nitrogens with one attached hydrogen (secondary N) is 1. The Balaban J connectivity index is 3.77. The number of halogens is 21. The predicted octanol–water partition coefficient (Wildman–Crippen LogP) is 7.79. The van der Waals surface area contributed by atoms with E-state index < -0.39 is 101 Å². The van der Waals surface area contributed by atoms with Gasteiger partial charge in [-0.05, 0) is 27.1 Å². The average Bonchev–Trinajstić information content (AvgIpc) is 2.90. The second kappa shape index (κ2) is 12.7. The number of alkyl halides is 15. The molecule has 1 N–H and O–H groups in total. The van der Waals surface area contributed by atoms with Crippen LogP contribution >= 0.6 is 0 Å². The highest BCUT2D eigenvalue weighted by Gasteiger charge is 2.94. The number of carbonyl (C=O) groups excluding carboxylic acids is 1. The Kier molecular flexibility index (Phi) is 11.3. The first-order valence-corrected chi connectivity index (χ1v) is 11.1. The molecule has 0 unspecified atom stereocenters. The molecule has 0 aliphatic rings. The number of nitrogens with zero attached hydrogens (tertiary/aromatic N) is 1. The van der Waals surface area contributed by atoms with Gasteiger partial charge in [0, 0.05) is 6.54 Å². The molecule has 0 spiro atoms. The maximum Gasteiger partial charge on any atom is 0.460 e. The van der Waals surface area contributed by atoms with Crippen LogP contribution in [0.2, 0.25) is 0 Å². The fraction of sp³-hybridized carbons (Fsp3) is 0.571. The van der Waals surface area contributed by atoms with E-state index in [2.05, 4.69) is 4.74 Å². The van der Waals surface area contributed by atoms with Gasteiger partial charge in [0.1, 0.15) is 5.56 Å². The van der Waals surface area contributed by atoms with Crippen molar-refractivity contribution in [2.75, 3.05) is 27.2 Å². The molecule has 0 bridgehead atoms. The third kappa shape index (κ3) is 6.46. The Bertz CT molecular complexity index is 1340. The number of allylic oxidation sites excluding steroid dienone is 1. The van der Waals surface area contributed by atoms with Crippen molar-refractivity contribution < 1.29 is 102 Å². The largest absolute Gasteiger partial charge is 0.460 e. The molecule has 0 radical (unpaired) electrons. The Morgan fingerprint density at radius 3 is 1.50 bits per heavy atom. The van der Waals surface area contributed by atoms with E-state index >= 15 is 0 Å². The summed E-state index contributed by atoms with van der Waals surface area (Å²) in [6.45, 7) is -0.498. The van der Waals surface area contributed by atoms with Crippen LogP contribution in [0, 0.1) is 23.3 Å². The number of carbonyl (C=O) groups is 1. The molecule has 266 valence electrons. The van der Waals surface area contributed by atoms with Gasteiger partial charge in [-0.2, -0.15) is 79.0 Å². The van der Waals surface area contributed by atoms with Crippen LogP contribution in [0.15, 0.2) is 11.8 Å². The second-order valence-electron chi connectivity index (χ2n) is 9.01. The van der Waals surface area contributed by atoms with Crippen molar-refractivity contribution in [3.63, 3.8) is 0 Å². The first kappa shape index (κ1) is 40.7. The smallest absolute Gasteiger partial charge is 0.425 e. The summed E-state index contributed by atoms with van der Waals surface area (Å²) in [6, 6.07) is -4.32. The van der Waals surface area contributed by atoms with Crippen LogP contribution in [-0.2, 0) is 0 Å². The number of benzene rings is 1. The standard InChI is InChI=1S/C21H13F21N2O2/c1-44(2)5-3-4-43-14(45)6-7(22)8(23)9(24)10(25)11(6)46-13(27)12(26)15(28,29)16(30,31)17(32,33)18(34,35)19(36,37)20(38,39)21(40,41)42/h3-5H2,1-2H3,(H,43,45). The number of amides is 1. The van der Waals surface area contributed by atoms with E-state index in [9.17, 15) is 97.0 Å². The zero-order valence-corrected chi connectivity index (χ0v) is 21.8. The van der Waals surface area contributed by atoms with Gasteiger partial charge in [0.15, 0.2) is 17.4 Å². The van der Waals surface area contributed by atoms with Crippen molar-refractivity contribution in [1.82, 2.24) is 10.2 Å². The van der Waals surface area contributed by atoms with Crippen LogP contribution < -0.4 is 10.1 Å². The molecule has 0 aromatic heterocycles. The van der Waals surface area contributed by atoms with Gasteiger partial charge in [-0.25, -0.2) is 13.2 Å². The molecule has 0 aliphatic carbocycles. The van der Waals surface area contributed by atoms with Crippen molar-refractivity contribution in [2.24, 2.45) is 0 Å². The molecule has 0 aliphatic heterocycles. The molecular formula is C21H13F21N2O2. The average molecular weight is 724 g/mol. The first-order chi connectivity index (χ1) is 20.3. The van der Waals surface area contributed by atoms with Crippen LogP contribution in [0.5, 0.6) is 5.75 Å². The zero-order chi connectivity index (χ0) is 36.8. The highest BCUT2D eigenvalue weighted by Crippen LogP contribution is 2.63. The van der Waals surface area contributed by atoms with Gasteiger partial charge in [-0.3, -0.25) is 4.79 Å². The molecule has 0 saturated heterocycles. The van der Waals surface area contributed by atoms with E-state index in [1.807, 2.05) is 0 Å². The van der Waals surface area contributed by atoms with Crippen LogP contribution in [0.1, 0.15) is 16.8 Å². The van der Waals surface area contributed by atoms with Gasteiger partial charge >= 0.3 is 47.7 Å². The Labute approximate surface area is 240 Å². The molecule has 4 nitrogen and oxygen atoms in total. The summed E-state index contributed by atoms with van der Waals surface area (Å²) in [5, 5.41) is 1.60. The van der Waals surface area contributed by atoms with E-state index in [1.165, 1.54) is 19.0 Å². The third-order valence-electron chi connectivity index (χ3n) is 5.49. The highest BCUT2D eigenvalue weighted by molar-refractivity contribution is 5.97. The summed E-state index contributed by atoms with van der Waals surface area (Å²) in [6.07, 6.45) is -8.04. The molecular weight excluding hydrogens is 711 g/mol. The number of hydrogen-bond acceptors (Lipinski definition) is 3. The third-order valence-corrected chi connectivity index (χ3v) is 5.49. The van der Waals surface area contributed by atoms with E-state index in [0.29, 0.717) is 0 Å². The lowest BCUT2D eigenvalue weighted by Crippen LogP contribution is -2.72. The van der Waals surface area contributed by atoms with Crippen LogP contribution in [0.3, 0.4) is 0 Å². The summed E-state index contributed by atoms with van der Waals surface area (Å²) in [5.41, 5.74) is -2.40. The van der Waals surface area contributed by atoms with Crippen molar-refractivity contribution in [1.29, 1.82) is 0 Å². The van der Waals surface area contributed by atoms with E-state index in [-0.39, 0.29) is 13.0 Å². The van der Waals surface area contributed by atoms with Crippen molar-refractivity contribution in [3.8, 4) is 5.75 Å². The molecule has 0 atom stereocenters. The minimum absolute atomic E-state index is 0.0975. The normalized spacial score (nSPS) is 14.9. The first-order valence-electron chi connectivity index (χ1n) is 11.1. The Morgan fingerprint density at radius 2 is 1.07 bits per heavy atom. The molecule has 0 heterocycles. The van der Waals surface area contributed by atoms with Crippen molar-refractivity contribution >= 4 is 5.91 Å². The number of ether oxygens (including phenoxy) is 1. The SMILES string of the molecule is CN(C)CCCNC(=O)c1c(F)c(F)c(F)c(F)c1OC(F)=C(F)C(F)(F)C(F)(F)C(F)(F)C(F)(F)C(F)(F)C(F)(F)C(F)(F)F. The summed E-state index contributed by atoms with van der Waals surface area (Å²) in [7, 11) is 2.92. The van der Waals surface area contributed by atoms with Crippen molar-refractivity contribution in [3.05, 3.63) is 40.7 Å². The maximum atomic E-state index is 14.2. The summed E-state index contributed by atoms with van der Waals surface area (Å²) >= 11 is 0. The van der Waals surface area contributed by atoms with Gasteiger partial charge in [-0.15, -0.1) is 0 Å². The minimum atomic E-state index is -8.89. The quantitative estimate of drug-likeness (QED) is 0.0744. The molecule has 46 heavy (non-hydrogen) atoms. The second-order valence-corrected chi connectivity index (χ2v) is 9.01. The molecule has 1 rings (SSSR count). The zero-order valence-electron chi connectivity index (χ0n) is 21.8. The molecule has 1 amide bonds. The summed E-state index contributed by atoms with van der Waals surface area (Å²) < 4.78 is 286. The molecule has 1 aromatic rings. The molecule has 0 fully saturated rings.